The van der Waals surface area contributed by atoms with Crippen LogP contribution >= 0.6 is 32.8 Å². The third kappa shape index (κ3) is 9.13. The molecule has 2 heterocycles. The molecule has 0 aliphatic carbocycles. The van der Waals surface area contributed by atoms with Crippen LogP contribution in [0.2, 0.25) is 0 Å². The number of hydrogen-bond donors (Lipinski definition) is 2. The van der Waals surface area contributed by atoms with Crippen molar-refractivity contribution in [3.8, 4) is 0 Å². The highest BCUT2D eigenvalue weighted by atomic mass is 32.2. The van der Waals surface area contributed by atoms with E-state index in [1.54, 1.807) is 11.8 Å². The third-order valence-electron chi connectivity index (χ3n) is 6.03. The molecule has 0 radical (unpaired) electrons. The minimum atomic E-state index is -0.946. The maximum absolute atomic E-state index is 11.5. The molecule has 1 aromatic heterocycles. The van der Waals surface area contributed by atoms with E-state index in [4.69, 9.17) is 4.84 Å². The molecule has 3 atom stereocenters. The minimum absolute atomic E-state index is 0.0374. The summed E-state index contributed by atoms with van der Waals surface area (Å²) in [6.45, 7) is 5.55. The number of unbranched alkanes of at least 4 members (excludes halogenated alkanes) is 3. The second-order valence-corrected chi connectivity index (χ2v) is 12.9. The fourth-order valence-corrected chi connectivity index (χ4v) is 6.78. The van der Waals surface area contributed by atoms with Crippen LogP contribution in [0.5, 0.6) is 0 Å². The predicted molar refractivity (Wildman–Crippen MR) is 153 cm³/mol. The van der Waals surface area contributed by atoms with Crippen LogP contribution < -0.4 is 0 Å². The van der Waals surface area contributed by atoms with E-state index in [9.17, 15) is 15.0 Å². The van der Waals surface area contributed by atoms with Crippen molar-refractivity contribution in [2.45, 2.75) is 85.5 Å². The third-order valence-corrected chi connectivity index (χ3v) is 9.52. The highest BCUT2D eigenvalue weighted by Crippen LogP contribution is 2.48. The lowest BCUT2D eigenvalue weighted by Crippen LogP contribution is -2.17. The van der Waals surface area contributed by atoms with Crippen molar-refractivity contribution < 1.29 is 19.8 Å². The number of aromatic nitrogens is 3. The Labute approximate surface area is 229 Å². The topological polar surface area (TPSA) is 110 Å². The van der Waals surface area contributed by atoms with Gasteiger partial charge in [-0.2, -0.15) is 0 Å². The van der Waals surface area contributed by atoms with E-state index < -0.39 is 5.97 Å². The van der Waals surface area contributed by atoms with Crippen LogP contribution in [-0.2, 0) is 21.3 Å². The van der Waals surface area contributed by atoms with Crippen molar-refractivity contribution in [1.29, 1.82) is 0 Å². The number of aliphatic carboxylic acids is 1. The van der Waals surface area contributed by atoms with Gasteiger partial charge in [-0.1, -0.05) is 61.0 Å². The number of nitrogens with zero attached hydrogens (tertiary/aromatic N) is 4. The van der Waals surface area contributed by atoms with Gasteiger partial charge in [-0.25, -0.2) is 0 Å². The summed E-state index contributed by atoms with van der Waals surface area (Å²) in [7, 11) is 2.92. The smallest absolute Gasteiger partial charge is 0.307 e. The fraction of sp³-hybridized carbons (Fsp3) is 0.538. The van der Waals surface area contributed by atoms with Crippen LogP contribution in [0.3, 0.4) is 0 Å². The number of carboxylic acids is 1. The molecular formula is C26H37N4O4PS2. The van der Waals surface area contributed by atoms with Crippen molar-refractivity contribution in [1.82, 2.24) is 15.0 Å². The van der Waals surface area contributed by atoms with Gasteiger partial charge in [0, 0.05) is 32.6 Å². The van der Waals surface area contributed by atoms with Gasteiger partial charge < -0.3 is 15.1 Å². The van der Waals surface area contributed by atoms with Gasteiger partial charge in [0.1, 0.15) is 6.61 Å². The van der Waals surface area contributed by atoms with Gasteiger partial charge in [0.15, 0.2) is 0 Å². The van der Waals surface area contributed by atoms with Crippen LogP contribution in [0.4, 0.5) is 0 Å². The van der Waals surface area contributed by atoms with E-state index in [-0.39, 0.29) is 23.4 Å². The first-order valence-corrected chi connectivity index (χ1v) is 15.0. The summed E-state index contributed by atoms with van der Waals surface area (Å²) in [6, 6.07) is 7.92. The van der Waals surface area contributed by atoms with E-state index in [1.807, 2.05) is 35.1 Å². The Morgan fingerprint density at radius 1 is 1.27 bits per heavy atom. The molecule has 37 heavy (non-hydrogen) atoms. The number of oxime groups is 1. The number of carbonyl (C=O) groups is 1. The number of thioether (sulfide) groups is 2. The summed E-state index contributed by atoms with van der Waals surface area (Å²) >= 11 is 3.03. The molecule has 2 aromatic rings. The van der Waals surface area contributed by atoms with E-state index in [0.29, 0.717) is 12.2 Å². The van der Waals surface area contributed by atoms with Crippen molar-refractivity contribution in [2.75, 3.05) is 13.2 Å². The predicted octanol–water partition coefficient (Wildman–Crippen LogP) is 5.72. The number of aryl methyl sites for hydroxylation is 1. The number of aliphatic hydroxyl groups excluding tert-OH is 1. The lowest BCUT2D eigenvalue weighted by molar-refractivity contribution is -0.136. The van der Waals surface area contributed by atoms with Crippen LogP contribution in [0.15, 0.2) is 55.9 Å². The Morgan fingerprint density at radius 2 is 2.05 bits per heavy atom. The number of hydrogen-bond acceptors (Lipinski definition) is 8. The number of fused-ring (bicyclic) bond motifs is 1. The zero-order valence-corrected chi connectivity index (χ0v) is 24.3. The van der Waals surface area contributed by atoms with Gasteiger partial charge >= 0.3 is 5.97 Å². The van der Waals surface area contributed by atoms with E-state index in [2.05, 4.69) is 38.6 Å². The molecule has 8 nitrogen and oxygen atoms in total. The average molecular weight is 565 g/mol. The second kappa shape index (κ2) is 14.9. The first-order chi connectivity index (χ1) is 17.8. The summed E-state index contributed by atoms with van der Waals surface area (Å²) in [4.78, 5) is 19.9. The van der Waals surface area contributed by atoms with Crippen molar-refractivity contribution in [2.24, 2.45) is 5.16 Å². The first-order valence-electron chi connectivity index (χ1n) is 12.7. The van der Waals surface area contributed by atoms with Gasteiger partial charge in [0.05, 0.1) is 30.2 Å². The SMILES string of the molecule is CCCCC(C)(P)c1cn(CCCCCO/N=C/C(CC(=O)O)=C2\Sc3ccccc3SC2CO)nn1. The molecule has 1 aliphatic rings. The van der Waals surface area contributed by atoms with E-state index in [0.717, 1.165) is 65.5 Å². The van der Waals surface area contributed by atoms with Crippen LogP contribution in [0.1, 0.15) is 64.5 Å². The zero-order chi connectivity index (χ0) is 26.7. The molecule has 0 saturated heterocycles. The molecule has 0 amide bonds. The Kier molecular flexibility index (Phi) is 12.0. The quantitative estimate of drug-likeness (QED) is 0.122. The Bertz CT molecular complexity index is 1090. The number of aliphatic hydroxyl groups is 1. The number of carboxylic acid groups (broad SMARTS) is 1. The zero-order valence-electron chi connectivity index (χ0n) is 21.5. The Hall–Kier alpha value is -1.87. The van der Waals surface area contributed by atoms with Crippen LogP contribution in [0.25, 0.3) is 0 Å². The molecule has 3 rings (SSSR count). The molecular weight excluding hydrogens is 527 g/mol. The van der Waals surface area contributed by atoms with E-state index in [1.165, 1.54) is 18.0 Å². The van der Waals surface area contributed by atoms with Crippen LogP contribution in [0, 0.1) is 0 Å². The monoisotopic (exact) mass is 564 g/mol. The standard InChI is InChI=1S/C26H37N4O4PS2/c1-3-4-12-26(2,35)23-17-30(29-28-23)13-8-5-9-14-34-27-16-19(15-24(32)33)25-22(18-31)36-20-10-6-7-11-21(20)37-25/h6-7,10-11,16-17,22,31H,3-5,8-9,12-15,18,35H2,1-2H3,(H,32,33)/b25-19-,27-16+. The lowest BCUT2D eigenvalue weighted by Gasteiger charge is -2.26. The molecule has 0 bridgehead atoms. The minimum Gasteiger partial charge on any atom is -0.481 e. The second-order valence-electron chi connectivity index (χ2n) is 9.31. The molecule has 0 fully saturated rings. The van der Waals surface area contributed by atoms with E-state index >= 15 is 0 Å². The van der Waals surface area contributed by atoms with Crippen molar-refractivity contribution >= 4 is 44.9 Å². The summed E-state index contributed by atoms with van der Waals surface area (Å²) in [5.41, 5.74) is 1.57. The lowest BCUT2D eigenvalue weighted by atomic mass is 10.0. The largest absolute Gasteiger partial charge is 0.481 e. The normalized spacial score (nSPS) is 18.4. The molecule has 2 N–H and O–H groups in total. The fourth-order valence-electron chi connectivity index (χ4n) is 3.89. The van der Waals surface area contributed by atoms with Crippen LogP contribution in [-0.4, -0.2) is 55.9 Å². The summed E-state index contributed by atoms with van der Waals surface area (Å²) < 4.78 is 1.91. The molecule has 0 spiro atoms. The van der Waals surface area contributed by atoms with Crippen molar-refractivity contribution in [3.05, 3.63) is 46.6 Å². The average Bonchev–Trinajstić information content (AvgIpc) is 3.37. The van der Waals surface area contributed by atoms with Gasteiger partial charge in [-0.15, -0.1) is 26.1 Å². The summed E-state index contributed by atoms with van der Waals surface area (Å²) in [5.74, 6) is -0.946. The molecule has 11 heteroatoms. The highest BCUT2D eigenvalue weighted by Gasteiger charge is 2.27. The van der Waals surface area contributed by atoms with Gasteiger partial charge in [-0.05, 0) is 43.4 Å². The molecule has 0 saturated carbocycles. The van der Waals surface area contributed by atoms with Gasteiger partial charge in [0.2, 0.25) is 0 Å². The molecule has 1 aromatic carbocycles. The van der Waals surface area contributed by atoms with Crippen molar-refractivity contribution in [3.63, 3.8) is 0 Å². The maximum atomic E-state index is 11.5. The summed E-state index contributed by atoms with van der Waals surface area (Å²) in [5, 5.41) is 31.8. The van der Waals surface area contributed by atoms with Gasteiger partial charge in [-0.3, -0.25) is 9.48 Å². The van der Waals surface area contributed by atoms with Gasteiger partial charge in [0.25, 0.3) is 0 Å². The highest BCUT2D eigenvalue weighted by molar-refractivity contribution is 8.08. The Morgan fingerprint density at radius 3 is 2.78 bits per heavy atom. The Balaban J connectivity index is 1.46. The number of rotatable bonds is 15. The maximum Gasteiger partial charge on any atom is 0.307 e. The molecule has 1 aliphatic heterocycles. The first kappa shape index (κ1) is 29.7. The molecule has 3 unspecified atom stereocenters. The summed E-state index contributed by atoms with van der Waals surface area (Å²) in [6.07, 6.45) is 9.50. The number of benzene rings is 1. The molecule has 202 valence electrons.